The highest BCUT2D eigenvalue weighted by Crippen LogP contribution is 2.38. The smallest absolute Gasteiger partial charge is 0.0939 e. The Balaban J connectivity index is 1.59. The van der Waals surface area contributed by atoms with Crippen molar-refractivity contribution in [1.29, 1.82) is 0 Å². The third-order valence-electron chi connectivity index (χ3n) is 5.42. The van der Waals surface area contributed by atoms with E-state index in [0.717, 1.165) is 52.2 Å². The van der Waals surface area contributed by atoms with Crippen molar-refractivity contribution >= 4 is 0 Å². The van der Waals surface area contributed by atoms with Gasteiger partial charge in [-0.05, 0) is 51.0 Å². The zero-order chi connectivity index (χ0) is 14.5. The van der Waals surface area contributed by atoms with Crippen LogP contribution in [-0.2, 0) is 14.2 Å². The SMILES string of the molecule is CCNC(CC1CCCCO1)C1CCOC2(CCOC2)C1. The Labute approximate surface area is 128 Å². The van der Waals surface area contributed by atoms with E-state index in [2.05, 4.69) is 12.2 Å². The molecule has 3 rings (SSSR count). The predicted molar refractivity (Wildman–Crippen MR) is 82.5 cm³/mol. The number of rotatable bonds is 5. The lowest BCUT2D eigenvalue weighted by atomic mass is 9.79. The van der Waals surface area contributed by atoms with Crippen LogP contribution in [0.3, 0.4) is 0 Å². The molecule has 0 saturated carbocycles. The minimum absolute atomic E-state index is 0.0179. The zero-order valence-electron chi connectivity index (χ0n) is 13.4. The van der Waals surface area contributed by atoms with Gasteiger partial charge in [0, 0.05) is 32.3 Å². The summed E-state index contributed by atoms with van der Waals surface area (Å²) in [5, 5.41) is 3.73. The predicted octanol–water partition coefficient (Wildman–Crippen LogP) is 2.51. The second-order valence-corrected chi connectivity index (χ2v) is 6.98. The average Bonchev–Trinajstić information content (AvgIpc) is 2.96. The quantitative estimate of drug-likeness (QED) is 0.846. The monoisotopic (exact) mass is 297 g/mol. The lowest BCUT2D eigenvalue weighted by Crippen LogP contribution is -2.48. The Kier molecular flexibility index (Phi) is 5.54. The second kappa shape index (κ2) is 7.40. The Bertz CT molecular complexity index is 311. The number of ether oxygens (including phenoxy) is 3. The zero-order valence-corrected chi connectivity index (χ0v) is 13.4. The second-order valence-electron chi connectivity index (χ2n) is 6.98. The fraction of sp³-hybridized carbons (Fsp3) is 1.00. The Morgan fingerprint density at radius 3 is 2.86 bits per heavy atom. The normalized spacial score (nSPS) is 38.7. The maximum Gasteiger partial charge on any atom is 0.0939 e. The van der Waals surface area contributed by atoms with Crippen LogP contribution in [0.2, 0.25) is 0 Å². The van der Waals surface area contributed by atoms with Crippen LogP contribution in [0.4, 0.5) is 0 Å². The van der Waals surface area contributed by atoms with Crippen molar-refractivity contribution in [3.05, 3.63) is 0 Å². The summed E-state index contributed by atoms with van der Waals surface area (Å²) in [7, 11) is 0. The van der Waals surface area contributed by atoms with E-state index in [4.69, 9.17) is 14.2 Å². The van der Waals surface area contributed by atoms with Gasteiger partial charge in [0.05, 0.1) is 18.3 Å². The molecule has 0 aliphatic carbocycles. The van der Waals surface area contributed by atoms with E-state index in [1.807, 2.05) is 0 Å². The van der Waals surface area contributed by atoms with E-state index in [-0.39, 0.29) is 5.60 Å². The topological polar surface area (TPSA) is 39.7 Å². The van der Waals surface area contributed by atoms with E-state index in [1.165, 1.54) is 25.7 Å². The van der Waals surface area contributed by atoms with Gasteiger partial charge in [0.2, 0.25) is 0 Å². The van der Waals surface area contributed by atoms with Crippen molar-refractivity contribution in [2.45, 2.75) is 69.6 Å². The van der Waals surface area contributed by atoms with Crippen LogP contribution in [0.5, 0.6) is 0 Å². The molecule has 4 atom stereocenters. The molecule has 3 fully saturated rings. The molecule has 0 aromatic rings. The van der Waals surface area contributed by atoms with Crippen LogP contribution in [0, 0.1) is 5.92 Å². The van der Waals surface area contributed by atoms with Gasteiger partial charge in [-0.15, -0.1) is 0 Å². The van der Waals surface area contributed by atoms with Gasteiger partial charge in [0.25, 0.3) is 0 Å². The van der Waals surface area contributed by atoms with Gasteiger partial charge in [0.15, 0.2) is 0 Å². The third-order valence-corrected chi connectivity index (χ3v) is 5.42. The fourth-order valence-electron chi connectivity index (χ4n) is 4.25. The van der Waals surface area contributed by atoms with E-state index < -0.39 is 0 Å². The molecule has 122 valence electrons. The van der Waals surface area contributed by atoms with Gasteiger partial charge in [-0.2, -0.15) is 0 Å². The van der Waals surface area contributed by atoms with Gasteiger partial charge >= 0.3 is 0 Å². The molecule has 0 aromatic heterocycles. The summed E-state index contributed by atoms with van der Waals surface area (Å²) < 4.78 is 17.7. The molecule has 4 unspecified atom stereocenters. The minimum Gasteiger partial charge on any atom is -0.378 e. The van der Waals surface area contributed by atoms with Crippen molar-refractivity contribution in [3.8, 4) is 0 Å². The van der Waals surface area contributed by atoms with Crippen LogP contribution in [0.25, 0.3) is 0 Å². The van der Waals surface area contributed by atoms with Gasteiger partial charge in [0.1, 0.15) is 0 Å². The fourth-order valence-corrected chi connectivity index (χ4v) is 4.25. The molecule has 3 heterocycles. The summed E-state index contributed by atoms with van der Waals surface area (Å²) in [5.41, 5.74) is 0.0179. The summed E-state index contributed by atoms with van der Waals surface area (Å²) in [6.07, 6.45) is 8.82. The highest BCUT2D eigenvalue weighted by atomic mass is 16.6. The van der Waals surface area contributed by atoms with Gasteiger partial charge < -0.3 is 19.5 Å². The van der Waals surface area contributed by atoms with Crippen molar-refractivity contribution < 1.29 is 14.2 Å². The first-order valence-electron chi connectivity index (χ1n) is 8.88. The summed E-state index contributed by atoms with van der Waals surface area (Å²) in [6, 6.07) is 0.569. The summed E-state index contributed by atoms with van der Waals surface area (Å²) in [6.45, 7) is 6.75. The Morgan fingerprint density at radius 1 is 1.19 bits per heavy atom. The number of nitrogens with one attached hydrogen (secondary N) is 1. The molecule has 0 bridgehead atoms. The van der Waals surface area contributed by atoms with Gasteiger partial charge in [-0.25, -0.2) is 0 Å². The molecule has 21 heavy (non-hydrogen) atoms. The van der Waals surface area contributed by atoms with Crippen LogP contribution < -0.4 is 5.32 Å². The Hall–Kier alpha value is -0.160. The largest absolute Gasteiger partial charge is 0.378 e. The molecule has 0 radical (unpaired) electrons. The number of hydrogen-bond acceptors (Lipinski definition) is 4. The van der Waals surface area contributed by atoms with Crippen molar-refractivity contribution in [3.63, 3.8) is 0 Å². The molecule has 3 aliphatic heterocycles. The Morgan fingerprint density at radius 2 is 2.14 bits per heavy atom. The summed E-state index contributed by atoms with van der Waals surface area (Å²) >= 11 is 0. The van der Waals surface area contributed by atoms with Crippen molar-refractivity contribution in [2.75, 3.05) is 33.0 Å². The molecular weight excluding hydrogens is 266 g/mol. The first-order valence-corrected chi connectivity index (χ1v) is 8.88. The molecule has 1 N–H and O–H groups in total. The van der Waals surface area contributed by atoms with Crippen molar-refractivity contribution in [2.24, 2.45) is 5.92 Å². The lowest BCUT2D eigenvalue weighted by Gasteiger charge is -2.41. The van der Waals surface area contributed by atoms with Gasteiger partial charge in [-0.1, -0.05) is 6.92 Å². The first kappa shape index (κ1) is 15.7. The van der Waals surface area contributed by atoms with E-state index >= 15 is 0 Å². The minimum atomic E-state index is 0.0179. The van der Waals surface area contributed by atoms with Crippen molar-refractivity contribution in [1.82, 2.24) is 5.32 Å². The van der Waals surface area contributed by atoms with E-state index in [9.17, 15) is 0 Å². The average molecular weight is 297 g/mol. The van der Waals surface area contributed by atoms with Gasteiger partial charge in [-0.3, -0.25) is 0 Å². The molecule has 0 amide bonds. The highest BCUT2D eigenvalue weighted by molar-refractivity contribution is 4.94. The maximum absolute atomic E-state index is 6.09. The molecule has 1 spiro atoms. The maximum atomic E-state index is 6.09. The lowest BCUT2D eigenvalue weighted by molar-refractivity contribution is -0.106. The molecule has 0 aromatic carbocycles. The van der Waals surface area contributed by atoms with Crippen LogP contribution in [0.1, 0.15) is 51.9 Å². The van der Waals surface area contributed by atoms with Crippen LogP contribution in [-0.4, -0.2) is 50.7 Å². The van der Waals surface area contributed by atoms with Crippen LogP contribution in [0.15, 0.2) is 0 Å². The van der Waals surface area contributed by atoms with Crippen LogP contribution >= 0.6 is 0 Å². The first-order chi connectivity index (χ1) is 10.3. The third kappa shape index (κ3) is 3.98. The summed E-state index contributed by atoms with van der Waals surface area (Å²) in [4.78, 5) is 0. The molecule has 3 saturated heterocycles. The van der Waals surface area contributed by atoms with E-state index in [0.29, 0.717) is 18.1 Å². The van der Waals surface area contributed by atoms with E-state index in [1.54, 1.807) is 0 Å². The molecule has 3 aliphatic rings. The standard InChI is InChI=1S/C17H31NO3/c1-2-18-16(11-15-5-3-4-8-20-15)14-6-9-21-17(12-14)7-10-19-13-17/h14-16,18H,2-13H2,1H3. The molecule has 4 nitrogen and oxygen atoms in total. The molecular formula is C17H31NO3. The molecule has 4 heteroatoms. The number of hydrogen-bond donors (Lipinski definition) is 1. The highest BCUT2D eigenvalue weighted by Gasteiger charge is 2.43. The summed E-state index contributed by atoms with van der Waals surface area (Å²) in [5.74, 6) is 0.700.